The molecule has 0 saturated carbocycles. The van der Waals surface area contributed by atoms with Gasteiger partial charge in [-0.25, -0.2) is 0 Å². The fourth-order valence-electron chi connectivity index (χ4n) is 1.98. The number of hydrogen-bond acceptors (Lipinski definition) is 2. The average Bonchev–Trinajstić information content (AvgIpc) is 2.98. The third-order valence-electron chi connectivity index (χ3n) is 2.89. The van der Waals surface area contributed by atoms with Crippen molar-refractivity contribution in [1.82, 2.24) is 0 Å². The number of halogens is 2. The van der Waals surface area contributed by atoms with Gasteiger partial charge in [-0.15, -0.1) is 23.8 Å². The van der Waals surface area contributed by atoms with E-state index in [1.807, 2.05) is 12.2 Å². The molecular weight excluding hydrogens is 387 g/mol. The van der Waals surface area contributed by atoms with Gasteiger partial charge >= 0.3 is 21.7 Å². The summed E-state index contributed by atoms with van der Waals surface area (Å²) in [5.41, 5.74) is 2.00. The van der Waals surface area contributed by atoms with E-state index in [1.54, 1.807) is 6.08 Å². The van der Waals surface area contributed by atoms with Gasteiger partial charge in [-0.1, -0.05) is 5.57 Å². The maximum atomic E-state index is 11.3. The first kappa shape index (κ1) is 24.6. The van der Waals surface area contributed by atoms with Crippen molar-refractivity contribution in [2.75, 3.05) is 6.61 Å². The minimum atomic E-state index is -1.22. The molecule has 3 aliphatic rings. The van der Waals surface area contributed by atoms with Gasteiger partial charge in [0.25, 0.3) is 0 Å². The van der Waals surface area contributed by atoms with Gasteiger partial charge in [0.2, 0.25) is 0 Å². The van der Waals surface area contributed by atoms with Crippen LogP contribution in [0.4, 0.5) is 0 Å². The largest absolute Gasteiger partial charge is 4.00 e. The zero-order valence-electron chi connectivity index (χ0n) is 13.1. The molecule has 0 aromatic rings. The van der Waals surface area contributed by atoms with Crippen LogP contribution in [0.2, 0.25) is 19.6 Å². The second-order valence-corrected chi connectivity index (χ2v) is 12.0. The average molecular weight is 407 g/mol. The van der Waals surface area contributed by atoms with Crippen LogP contribution in [0, 0.1) is 13.0 Å². The Kier molecular flexibility index (Phi) is 11.4. The summed E-state index contributed by atoms with van der Waals surface area (Å²) < 4.78 is 5.45. The van der Waals surface area contributed by atoms with Crippen molar-refractivity contribution < 1.29 is 55.8 Å². The van der Waals surface area contributed by atoms with Crippen molar-refractivity contribution in [2.24, 2.45) is 0 Å². The fourth-order valence-corrected chi connectivity index (χ4v) is 4.09. The fraction of sp³-hybridized carbons (Fsp3) is 0.333. The van der Waals surface area contributed by atoms with Gasteiger partial charge in [0.05, 0.1) is 0 Å². The molecule has 2 nitrogen and oxygen atoms in total. The number of allylic oxidation sites excluding steroid dienone is 8. The van der Waals surface area contributed by atoms with E-state index >= 15 is 0 Å². The molecule has 118 valence electrons. The summed E-state index contributed by atoms with van der Waals surface area (Å²) in [6, 6.07) is 0. The maximum Gasteiger partial charge on any atom is 4.00 e. The Balaban J connectivity index is 0. The van der Waals surface area contributed by atoms with Gasteiger partial charge in [-0.05, 0) is 25.7 Å². The van der Waals surface area contributed by atoms with E-state index in [4.69, 9.17) is 4.43 Å². The summed E-state index contributed by atoms with van der Waals surface area (Å²) in [5.74, 6) is 0.185. The molecule has 0 unspecified atom stereocenters. The second kappa shape index (κ2) is 10.2. The molecule has 0 radical (unpaired) electrons. The van der Waals surface area contributed by atoms with Gasteiger partial charge in [-0.2, -0.15) is 16.8 Å². The van der Waals surface area contributed by atoms with E-state index in [0.717, 1.165) is 24.2 Å². The molecule has 2 aliphatic carbocycles. The van der Waals surface area contributed by atoms with Crippen molar-refractivity contribution in [3.63, 3.8) is 0 Å². The molecule has 0 amide bonds. The van der Waals surface area contributed by atoms with E-state index in [2.05, 4.69) is 32.6 Å². The van der Waals surface area contributed by atoms with Gasteiger partial charge < -0.3 is 41.0 Å². The smallest absolute Gasteiger partial charge is 1.00 e. The zero-order chi connectivity index (χ0) is 14.0. The third-order valence-corrected chi connectivity index (χ3v) is 5.55. The normalized spacial score (nSPS) is 17.7. The number of fused-ring (bicyclic) bond motifs is 2. The molecule has 3 rings (SSSR count). The van der Waals surface area contributed by atoms with Crippen molar-refractivity contribution in [2.45, 2.75) is 26.1 Å². The summed E-state index contributed by atoms with van der Waals surface area (Å²) in [6.45, 7) is 11.1. The van der Waals surface area contributed by atoms with Crippen LogP contribution in [0.1, 0.15) is 6.42 Å². The topological polar surface area (TPSA) is 26.3 Å². The summed E-state index contributed by atoms with van der Waals surface area (Å²) in [6.07, 6.45) is 9.57. The number of carbonyl (C=O) groups excluding carboxylic acids is 1. The minimum Gasteiger partial charge on any atom is -1.00 e. The van der Waals surface area contributed by atoms with Crippen LogP contribution in [-0.4, -0.2) is 30.2 Å². The van der Waals surface area contributed by atoms with Gasteiger partial charge in [0.15, 0.2) is 8.32 Å². The first-order valence-corrected chi connectivity index (χ1v) is 11.5. The first-order chi connectivity index (χ1) is 8.92. The second-order valence-electron chi connectivity index (χ2n) is 5.75. The van der Waals surface area contributed by atoms with Crippen LogP contribution >= 0.6 is 0 Å². The number of ketones is 1. The molecule has 0 aromatic carbocycles. The SMILES string of the molecule is O=C1C=CC=C2[C-]=C3[SiH2]C3=C12.[CH2-]CCO[Si](C)(C)C.[Cl-].[Cl-].[Ti+4]. The van der Waals surface area contributed by atoms with Crippen LogP contribution in [0.5, 0.6) is 0 Å². The van der Waals surface area contributed by atoms with Crippen LogP contribution in [0.15, 0.2) is 39.8 Å². The molecule has 0 atom stereocenters. The Hall–Kier alpha value is 0.318. The Morgan fingerprint density at radius 2 is 1.95 bits per heavy atom. The predicted octanol–water partition coefficient (Wildman–Crippen LogP) is -3.74. The Bertz CT molecular complexity index is 532. The molecule has 1 saturated heterocycles. The number of carbonyl (C=O) groups is 1. The predicted molar refractivity (Wildman–Crippen MR) is 83.8 cm³/mol. The summed E-state index contributed by atoms with van der Waals surface area (Å²) in [7, 11) is -1.33. The zero-order valence-corrected chi connectivity index (χ0v) is 18.6. The molecule has 1 heterocycles. The van der Waals surface area contributed by atoms with Crippen LogP contribution in [0.3, 0.4) is 0 Å². The van der Waals surface area contributed by atoms with Crippen LogP contribution in [-0.2, 0) is 30.9 Å². The van der Waals surface area contributed by atoms with E-state index in [1.165, 1.54) is 10.4 Å². The van der Waals surface area contributed by atoms with E-state index < -0.39 is 8.32 Å². The Morgan fingerprint density at radius 1 is 1.32 bits per heavy atom. The maximum absolute atomic E-state index is 11.3. The molecule has 1 aliphatic heterocycles. The summed E-state index contributed by atoms with van der Waals surface area (Å²) in [4.78, 5) is 11.3. The monoisotopic (exact) mass is 406 g/mol. The molecule has 0 N–H and O–H groups in total. The quantitative estimate of drug-likeness (QED) is 0.355. The van der Waals surface area contributed by atoms with E-state index in [9.17, 15) is 4.79 Å². The summed E-state index contributed by atoms with van der Waals surface area (Å²) in [5, 5.41) is 2.74. The van der Waals surface area contributed by atoms with E-state index in [-0.39, 0.29) is 61.8 Å². The Morgan fingerprint density at radius 3 is 2.41 bits per heavy atom. The molecule has 0 spiro atoms. The van der Waals surface area contributed by atoms with Gasteiger partial charge in [0.1, 0.15) is 5.78 Å². The Labute approximate surface area is 164 Å². The molecule has 0 bridgehead atoms. The summed E-state index contributed by atoms with van der Waals surface area (Å²) >= 11 is 0. The van der Waals surface area contributed by atoms with Crippen LogP contribution < -0.4 is 24.8 Å². The van der Waals surface area contributed by atoms with E-state index in [0.29, 0.717) is 0 Å². The van der Waals surface area contributed by atoms with Crippen molar-refractivity contribution >= 4 is 23.6 Å². The molecule has 7 heteroatoms. The molecule has 22 heavy (non-hydrogen) atoms. The van der Waals surface area contributed by atoms with Crippen molar-refractivity contribution in [3.8, 4) is 0 Å². The van der Waals surface area contributed by atoms with Gasteiger partial charge in [-0.3, -0.25) is 0 Å². The minimum absolute atomic E-state index is 0. The van der Waals surface area contributed by atoms with Crippen molar-refractivity contribution in [3.05, 3.63) is 52.8 Å². The molecule has 0 aromatic heterocycles. The molecular formula is C15H20Cl2O2Si2Ti. The third kappa shape index (κ3) is 6.83. The standard InChI is InChI=1S/C9H5OSi.C6H15OSi.2ClH.Ti/c10-6-3-1-2-5-4-7-9(11-7)8(5)6;1-5-6-7-8(2,3)4;;;/h1-3H,11H2;1,5-6H2,2-4H3;2*1H;/q2*-1;;;+4/p-2. The molecule has 1 fully saturated rings. The van der Waals surface area contributed by atoms with Crippen molar-refractivity contribution in [1.29, 1.82) is 0 Å². The van der Waals surface area contributed by atoms with Gasteiger partial charge in [0, 0.05) is 16.1 Å². The van der Waals surface area contributed by atoms with Crippen LogP contribution in [0.25, 0.3) is 0 Å². The first-order valence-electron chi connectivity index (χ1n) is 6.65. The number of hydrogen-bond donors (Lipinski definition) is 0. The number of rotatable bonds is 3.